The van der Waals surface area contributed by atoms with Gasteiger partial charge in [-0.3, -0.25) is 24.5 Å². The van der Waals surface area contributed by atoms with Gasteiger partial charge < -0.3 is 29.7 Å². The van der Waals surface area contributed by atoms with E-state index < -0.39 is 41.5 Å². The standard InChI is InChI=1S/C29H40N8O8/c1-6-43-22(39)16-36(19(2)38)15-21(33-28(42)45-29(3,4)5)37-18-32-23-24(34-26(40)35-25(23)37)30-13-10-14-31-27(41)44-17-20-11-8-7-9-12-20/h7-9,11-12,18,21H,6,10,13-17H2,1-5H3,(H,31,41)(H,33,42)(H2,30,34,35,40). The lowest BCUT2D eigenvalue weighted by Gasteiger charge is -2.29. The molecule has 16 heteroatoms. The molecule has 0 aliphatic carbocycles. The van der Waals surface area contributed by atoms with Gasteiger partial charge in [-0.05, 0) is 39.7 Å². The molecule has 3 aromatic rings. The maximum absolute atomic E-state index is 12.8. The van der Waals surface area contributed by atoms with Crippen molar-refractivity contribution in [3.63, 3.8) is 0 Å². The zero-order chi connectivity index (χ0) is 33.0. The van der Waals surface area contributed by atoms with Crippen LogP contribution in [0, 0.1) is 0 Å². The highest BCUT2D eigenvalue weighted by Crippen LogP contribution is 2.20. The molecule has 0 aliphatic heterocycles. The van der Waals surface area contributed by atoms with E-state index in [0.717, 1.165) is 5.56 Å². The number of carbonyl (C=O) groups is 4. The number of H-pyrrole nitrogens is 1. The third-order valence-electron chi connectivity index (χ3n) is 6.06. The van der Waals surface area contributed by atoms with Gasteiger partial charge in [0.15, 0.2) is 5.65 Å². The van der Waals surface area contributed by atoms with Crippen molar-refractivity contribution in [3.8, 4) is 0 Å². The molecule has 0 bridgehead atoms. The summed E-state index contributed by atoms with van der Waals surface area (Å²) in [5, 5.41) is 8.43. The number of fused-ring (bicyclic) bond motifs is 1. The van der Waals surface area contributed by atoms with Crippen LogP contribution in [-0.2, 0) is 30.4 Å². The molecule has 0 radical (unpaired) electrons. The minimum atomic E-state index is -1.03. The molecule has 0 fully saturated rings. The highest BCUT2D eigenvalue weighted by Gasteiger charge is 2.27. The fraction of sp³-hybridized carbons (Fsp3) is 0.483. The first-order valence-electron chi connectivity index (χ1n) is 14.4. The average Bonchev–Trinajstić information content (AvgIpc) is 3.38. The number of hydrogen-bond donors (Lipinski definition) is 4. The van der Waals surface area contributed by atoms with Gasteiger partial charge in [0.25, 0.3) is 0 Å². The Kier molecular flexibility index (Phi) is 12.3. The first-order chi connectivity index (χ1) is 21.4. The fourth-order valence-electron chi connectivity index (χ4n) is 4.08. The molecule has 0 aliphatic rings. The molecule has 0 saturated carbocycles. The zero-order valence-corrected chi connectivity index (χ0v) is 26.0. The van der Waals surface area contributed by atoms with Crippen LogP contribution in [0.1, 0.15) is 52.8 Å². The van der Waals surface area contributed by atoms with Crippen molar-refractivity contribution in [2.75, 3.05) is 38.1 Å². The molecule has 45 heavy (non-hydrogen) atoms. The lowest BCUT2D eigenvalue weighted by atomic mass is 10.2. The molecule has 1 aromatic carbocycles. The molecule has 244 valence electrons. The van der Waals surface area contributed by atoms with Crippen molar-refractivity contribution in [1.82, 2.24) is 35.1 Å². The van der Waals surface area contributed by atoms with Gasteiger partial charge >= 0.3 is 23.8 Å². The zero-order valence-electron chi connectivity index (χ0n) is 26.0. The van der Waals surface area contributed by atoms with E-state index in [1.807, 2.05) is 30.3 Å². The highest BCUT2D eigenvalue weighted by atomic mass is 16.6. The lowest BCUT2D eigenvalue weighted by Crippen LogP contribution is -2.46. The van der Waals surface area contributed by atoms with Crippen LogP contribution in [-0.4, -0.2) is 86.9 Å². The quantitative estimate of drug-likeness (QED) is 0.116. The van der Waals surface area contributed by atoms with E-state index in [9.17, 15) is 24.0 Å². The fourth-order valence-corrected chi connectivity index (χ4v) is 4.08. The number of nitrogens with one attached hydrogen (secondary N) is 4. The number of alkyl carbamates (subject to hydrolysis) is 2. The van der Waals surface area contributed by atoms with E-state index in [1.54, 1.807) is 27.7 Å². The van der Waals surface area contributed by atoms with Crippen molar-refractivity contribution in [1.29, 1.82) is 0 Å². The third-order valence-corrected chi connectivity index (χ3v) is 6.06. The number of hydrogen-bond acceptors (Lipinski definition) is 11. The van der Waals surface area contributed by atoms with Gasteiger partial charge in [0.1, 0.15) is 36.3 Å². The number of rotatable bonds is 14. The van der Waals surface area contributed by atoms with E-state index in [0.29, 0.717) is 19.5 Å². The van der Waals surface area contributed by atoms with Crippen LogP contribution in [0.2, 0.25) is 0 Å². The van der Waals surface area contributed by atoms with E-state index in [-0.39, 0.29) is 43.3 Å². The van der Waals surface area contributed by atoms with Crippen LogP contribution >= 0.6 is 0 Å². The topological polar surface area (TPSA) is 199 Å². The first kappa shape index (κ1) is 34.3. The Balaban J connectivity index is 1.72. The third kappa shape index (κ3) is 11.1. The molecule has 3 amide bonds. The molecule has 0 spiro atoms. The second kappa shape index (κ2) is 16.1. The number of carbonyl (C=O) groups excluding carboxylic acids is 4. The number of aromatic nitrogens is 4. The van der Waals surface area contributed by atoms with Gasteiger partial charge in [-0.2, -0.15) is 4.98 Å². The second-order valence-corrected chi connectivity index (χ2v) is 10.9. The Morgan fingerprint density at radius 1 is 1.07 bits per heavy atom. The summed E-state index contributed by atoms with van der Waals surface area (Å²) < 4.78 is 17.0. The van der Waals surface area contributed by atoms with Gasteiger partial charge in [-0.25, -0.2) is 19.4 Å². The highest BCUT2D eigenvalue weighted by molar-refractivity contribution is 5.83. The Bertz CT molecular complexity index is 1520. The van der Waals surface area contributed by atoms with E-state index >= 15 is 0 Å². The first-order valence-corrected chi connectivity index (χ1v) is 14.4. The summed E-state index contributed by atoms with van der Waals surface area (Å²) in [4.78, 5) is 74.1. The number of ether oxygens (including phenoxy) is 3. The molecule has 1 unspecified atom stereocenters. The summed E-state index contributed by atoms with van der Waals surface area (Å²) in [5.41, 5.74) is -0.266. The van der Waals surface area contributed by atoms with Crippen molar-refractivity contribution < 1.29 is 33.4 Å². The molecule has 3 rings (SSSR count). The average molecular weight is 629 g/mol. The molecular formula is C29H40N8O8. The second-order valence-electron chi connectivity index (χ2n) is 10.9. The van der Waals surface area contributed by atoms with Crippen LogP contribution in [0.25, 0.3) is 11.2 Å². The van der Waals surface area contributed by atoms with Crippen molar-refractivity contribution in [2.45, 2.75) is 59.4 Å². The molecule has 0 saturated heterocycles. The normalized spacial score (nSPS) is 11.8. The van der Waals surface area contributed by atoms with Gasteiger partial charge in [0, 0.05) is 20.0 Å². The van der Waals surface area contributed by atoms with Crippen LogP contribution < -0.4 is 21.6 Å². The maximum atomic E-state index is 12.8. The predicted octanol–water partition coefficient (Wildman–Crippen LogP) is 2.28. The number of aromatic amines is 1. The maximum Gasteiger partial charge on any atom is 0.409 e. The largest absolute Gasteiger partial charge is 0.465 e. The van der Waals surface area contributed by atoms with Gasteiger partial charge in [0.05, 0.1) is 19.5 Å². The Hall–Kier alpha value is -5.15. The van der Waals surface area contributed by atoms with Crippen molar-refractivity contribution >= 4 is 41.0 Å². The van der Waals surface area contributed by atoms with E-state index in [4.69, 9.17) is 14.2 Å². The molecule has 2 heterocycles. The summed E-state index contributed by atoms with van der Waals surface area (Å²) in [6, 6.07) is 9.30. The van der Waals surface area contributed by atoms with Gasteiger partial charge in [-0.15, -0.1) is 0 Å². The number of esters is 1. The molecule has 4 N–H and O–H groups in total. The van der Waals surface area contributed by atoms with Gasteiger partial charge in [0.2, 0.25) is 5.91 Å². The SMILES string of the molecule is CCOC(=O)CN(CC(NC(=O)OC(C)(C)C)n1cnc2c(NCCCNC(=O)OCc3ccccc3)[nH]c(=O)nc21)C(C)=O. The van der Waals surface area contributed by atoms with Crippen LogP contribution in [0.4, 0.5) is 15.4 Å². The Labute approximate surface area is 259 Å². The predicted molar refractivity (Wildman–Crippen MR) is 163 cm³/mol. The smallest absolute Gasteiger partial charge is 0.409 e. The summed E-state index contributed by atoms with van der Waals surface area (Å²) in [6.45, 7) is 8.38. The van der Waals surface area contributed by atoms with Crippen molar-refractivity contribution in [2.24, 2.45) is 0 Å². The molecule has 16 nitrogen and oxygen atoms in total. The van der Waals surface area contributed by atoms with Crippen LogP contribution in [0.5, 0.6) is 0 Å². The van der Waals surface area contributed by atoms with E-state index in [2.05, 4.69) is 30.9 Å². The number of benzene rings is 1. The number of anilines is 1. The number of amides is 3. The number of nitrogens with zero attached hydrogens (tertiary/aromatic N) is 4. The van der Waals surface area contributed by atoms with Gasteiger partial charge in [-0.1, -0.05) is 30.3 Å². The summed E-state index contributed by atoms with van der Waals surface area (Å²) in [5.74, 6) is -0.810. The minimum Gasteiger partial charge on any atom is -0.465 e. The molecular weight excluding hydrogens is 588 g/mol. The monoisotopic (exact) mass is 628 g/mol. The minimum absolute atomic E-state index is 0.101. The Morgan fingerprint density at radius 2 is 1.80 bits per heavy atom. The summed E-state index contributed by atoms with van der Waals surface area (Å²) >= 11 is 0. The van der Waals surface area contributed by atoms with Crippen LogP contribution in [0.3, 0.4) is 0 Å². The Morgan fingerprint density at radius 3 is 2.47 bits per heavy atom. The van der Waals surface area contributed by atoms with E-state index in [1.165, 1.54) is 22.7 Å². The lowest BCUT2D eigenvalue weighted by molar-refractivity contribution is -0.148. The molecule has 2 aromatic heterocycles. The molecule has 1 atom stereocenters. The number of imidazole rings is 1. The summed E-state index contributed by atoms with van der Waals surface area (Å²) in [7, 11) is 0. The van der Waals surface area contributed by atoms with Crippen LogP contribution in [0.15, 0.2) is 41.5 Å². The summed E-state index contributed by atoms with van der Waals surface area (Å²) in [6.07, 6.45) is -0.547. The van der Waals surface area contributed by atoms with Crippen molar-refractivity contribution in [3.05, 3.63) is 52.7 Å².